The molecule has 1 fully saturated rings. The Kier molecular flexibility index (Phi) is 4.78. The van der Waals surface area contributed by atoms with E-state index >= 15 is 0 Å². The fourth-order valence-corrected chi connectivity index (χ4v) is 2.25. The molecule has 0 aromatic carbocycles. The third kappa shape index (κ3) is 3.91. The van der Waals surface area contributed by atoms with Gasteiger partial charge in [-0.05, 0) is 24.7 Å². The normalized spacial score (nSPS) is 17.1. The molecule has 0 aromatic heterocycles. The standard InChI is InChI=1S/C12H22N2O3/c1-3-7-14(2)11(17)13-9-12(5-4-6-12)8-10(15)16/h3-9H2,1-2H3,(H,13,17)(H,15,16). The highest BCUT2D eigenvalue weighted by molar-refractivity contribution is 5.74. The van der Waals surface area contributed by atoms with Crippen molar-refractivity contribution in [1.82, 2.24) is 10.2 Å². The van der Waals surface area contributed by atoms with Crippen LogP contribution in [0.4, 0.5) is 4.79 Å². The van der Waals surface area contributed by atoms with Crippen LogP contribution in [0, 0.1) is 5.41 Å². The molecule has 1 rings (SSSR count). The molecular weight excluding hydrogens is 220 g/mol. The molecule has 1 saturated carbocycles. The summed E-state index contributed by atoms with van der Waals surface area (Å²) in [5, 5.41) is 11.7. The second-order valence-corrected chi connectivity index (χ2v) is 5.00. The number of rotatable bonds is 6. The van der Waals surface area contributed by atoms with Gasteiger partial charge in [-0.2, -0.15) is 0 Å². The first-order chi connectivity index (χ1) is 7.99. The Bertz CT molecular complexity index is 287. The van der Waals surface area contributed by atoms with Crippen molar-refractivity contribution in [3.63, 3.8) is 0 Å². The van der Waals surface area contributed by atoms with Crippen LogP contribution in [-0.4, -0.2) is 42.1 Å². The van der Waals surface area contributed by atoms with E-state index in [1.807, 2.05) is 6.92 Å². The lowest BCUT2D eigenvalue weighted by Gasteiger charge is -2.41. The maximum absolute atomic E-state index is 11.7. The first-order valence-electron chi connectivity index (χ1n) is 6.20. The number of hydrogen-bond acceptors (Lipinski definition) is 2. The topological polar surface area (TPSA) is 69.6 Å². The fraction of sp³-hybridized carbons (Fsp3) is 0.833. The van der Waals surface area contributed by atoms with Crippen molar-refractivity contribution in [2.45, 2.75) is 39.0 Å². The number of hydrogen-bond donors (Lipinski definition) is 2. The van der Waals surface area contributed by atoms with Crippen molar-refractivity contribution < 1.29 is 14.7 Å². The van der Waals surface area contributed by atoms with Crippen molar-refractivity contribution in [1.29, 1.82) is 0 Å². The van der Waals surface area contributed by atoms with E-state index in [-0.39, 0.29) is 17.9 Å². The van der Waals surface area contributed by atoms with Gasteiger partial charge in [0.2, 0.25) is 0 Å². The summed E-state index contributed by atoms with van der Waals surface area (Å²) in [6.07, 6.45) is 3.94. The van der Waals surface area contributed by atoms with Gasteiger partial charge in [0.15, 0.2) is 0 Å². The Labute approximate surface area is 102 Å². The number of carbonyl (C=O) groups excluding carboxylic acids is 1. The lowest BCUT2D eigenvalue weighted by atomic mass is 9.66. The van der Waals surface area contributed by atoms with E-state index in [1.165, 1.54) is 0 Å². The molecule has 0 aromatic rings. The number of nitrogens with zero attached hydrogens (tertiary/aromatic N) is 1. The molecule has 0 radical (unpaired) electrons. The Balaban J connectivity index is 2.37. The molecule has 1 aliphatic carbocycles. The van der Waals surface area contributed by atoms with Crippen LogP contribution in [0.25, 0.3) is 0 Å². The second kappa shape index (κ2) is 5.89. The number of aliphatic carboxylic acids is 1. The number of carboxylic acid groups (broad SMARTS) is 1. The Hall–Kier alpha value is -1.26. The second-order valence-electron chi connectivity index (χ2n) is 5.00. The lowest BCUT2D eigenvalue weighted by Crippen LogP contribution is -2.47. The largest absolute Gasteiger partial charge is 0.481 e. The summed E-state index contributed by atoms with van der Waals surface area (Å²) in [5.41, 5.74) is -0.200. The van der Waals surface area contributed by atoms with Gasteiger partial charge in [-0.3, -0.25) is 4.79 Å². The van der Waals surface area contributed by atoms with E-state index in [4.69, 9.17) is 5.11 Å². The molecule has 1 aliphatic rings. The summed E-state index contributed by atoms with van der Waals surface area (Å²) in [7, 11) is 1.75. The van der Waals surface area contributed by atoms with Crippen LogP contribution in [0.3, 0.4) is 0 Å². The van der Waals surface area contributed by atoms with Crippen LogP contribution in [0.5, 0.6) is 0 Å². The molecule has 0 heterocycles. The first kappa shape index (κ1) is 13.8. The van der Waals surface area contributed by atoms with Gasteiger partial charge >= 0.3 is 12.0 Å². The minimum atomic E-state index is -0.777. The number of amides is 2. The lowest BCUT2D eigenvalue weighted by molar-refractivity contribution is -0.141. The number of carboxylic acids is 1. The zero-order valence-electron chi connectivity index (χ0n) is 10.7. The third-order valence-electron chi connectivity index (χ3n) is 3.46. The third-order valence-corrected chi connectivity index (χ3v) is 3.46. The molecule has 0 aliphatic heterocycles. The molecule has 98 valence electrons. The summed E-state index contributed by atoms with van der Waals surface area (Å²) in [6, 6.07) is -0.108. The highest BCUT2D eigenvalue weighted by Gasteiger charge is 2.39. The molecule has 0 saturated heterocycles. The van der Waals surface area contributed by atoms with E-state index in [2.05, 4.69) is 5.32 Å². The van der Waals surface area contributed by atoms with E-state index in [1.54, 1.807) is 11.9 Å². The maximum atomic E-state index is 11.7. The monoisotopic (exact) mass is 242 g/mol. The summed E-state index contributed by atoms with van der Waals surface area (Å²) in [5.74, 6) is -0.777. The van der Waals surface area contributed by atoms with Gasteiger partial charge in [-0.1, -0.05) is 13.3 Å². The minimum Gasteiger partial charge on any atom is -0.481 e. The van der Waals surface area contributed by atoms with Gasteiger partial charge in [0, 0.05) is 20.1 Å². The fourth-order valence-electron chi connectivity index (χ4n) is 2.25. The van der Waals surface area contributed by atoms with Gasteiger partial charge in [0.25, 0.3) is 0 Å². The van der Waals surface area contributed by atoms with E-state index in [0.717, 1.165) is 32.2 Å². The SMILES string of the molecule is CCCN(C)C(=O)NCC1(CC(=O)O)CCC1. The quantitative estimate of drug-likeness (QED) is 0.744. The number of carbonyl (C=O) groups is 2. The van der Waals surface area contributed by atoms with Gasteiger partial charge in [-0.15, -0.1) is 0 Å². The van der Waals surface area contributed by atoms with E-state index < -0.39 is 5.97 Å². The van der Waals surface area contributed by atoms with Crippen molar-refractivity contribution in [2.75, 3.05) is 20.1 Å². The molecule has 0 atom stereocenters. The van der Waals surface area contributed by atoms with Gasteiger partial charge < -0.3 is 15.3 Å². The average molecular weight is 242 g/mol. The van der Waals surface area contributed by atoms with E-state index in [0.29, 0.717) is 6.54 Å². The molecule has 17 heavy (non-hydrogen) atoms. The summed E-state index contributed by atoms with van der Waals surface area (Å²) >= 11 is 0. The zero-order valence-corrected chi connectivity index (χ0v) is 10.7. The molecule has 5 nitrogen and oxygen atoms in total. The van der Waals surface area contributed by atoms with Crippen molar-refractivity contribution in [3.05, 3.63) is 0 Å². The highest BCUT2D eigenvalue weighted by Crippen LogP contribution is 2.43. The van der Waals surface area contributed by atoms with Crippen molar-refractivity contribution >= 4 is 12.0 Å². The van der Waals surface area contributed by atoms with Crippen molar-refractivity contribution in [2.24, 2.45) is 5.41 Å². The smallest absolute Gasteiger partial charge is 0.317 e. The van der Waals surface area contributed by atoms with Crippen LogP contribution in [-0.2, 0) is 4.79 Å². The van der Waals surface area contributed by atoms with Gasteiger partial charge in [-0.25, -0.2) is 4.79 Å². The maximum Gasteiger partial charge on any atom is 0.317 e. The average Bonchev–Trinajstić information content (AvgIpc) is 2.21. The Morgan fingerprint density at radius 1 is 1.41 bits per heavy atom. The van der Waals surface area contributed by atoms with Crippen LogP contribution < -0.4 is 5.32 Å². The molecule has 5 heteroatoms. The van der Waals surface area contributed by atoms with Crippen LogP contribution in [0.1, 0.15) is 39.0 Å². The zero-order chi connectivity index (χ0) is 12.9. The number of nitrogens with one attached hydrogen (secondary N) is 1. The molecule has 2 N–H and O–H groups in total. The van der Waals surface area contributed by atoms with Gasteiger partial charge in [0.1, 0.15) is 0 Å². The highest BCUT2D eigenvalue weighted by atomic mass is 16.4. The number of urea groups is 1. The molecule has 2 amide bonds. The van der Waals surface area contributed by atoms with Crippen LogP contribution in [0.2, 0.25) is 0 Å². The van der Waals surface area contributed by atoms with Crippen LogP contribution >= 0.6 is 0 Å². The summed E-state index contributed by atoms with van der Waals surface area (Å²) in [6.45, 7) is 3.21. The molecule has 0 unspecified atom stereocenters. The van der Waals surface area contributed by atoms with Gasteiger partial charge in [0.05, 0.1) is 6.42 Å². The molecular formula is C12H22N2O3. The Morgan fingerprint density at radius 2 is 2.06 bits per heavy atom. The van der Waals surface area contributed by atoms with E-state index in [9.17, 15) is 9.59 Å². The van der Waals surface area contributed by atoms with Crippen LogP contribution in [0.15, 0.2) is 0 Å². The minimum absolute atomic E-state index is 0.108. The molecule has 0 spiro atoms. The molecule has 0 bridgehead atoms. The Morgan fingerprint density at radius 3 is 2.47 bits per heavy atom. The first-order valence-corrected chi connectivity index (χ1v) is 6.20. The summed E-state index contributed by atoms with van der Waals surface area (Å²) in [4.78, 5) is 24.1. The predicted octanol–water partition coefficient (Wildman–Crippen LogP) is 1.68. The summed E-state index contributed by atoms with van der Waals surface area (Å²) < 4.78 is 0. The van der Waals surface area contributed by atoms with Crippen molar-refractivity contribution in [3.8, 4) is 0 Å². The predicted molar refractivity (Wildman–Crippen MR) is 64.9 cm³/mol.